The van der Waals surface area contributed by atoms with Gasteiger partial charge in [-0.25, -0.2) is 0 Å². The fourth-order valence-corrected chi connectivity index (χ4v) is 10.5. The number of aromatic nitrogens is 1. The predicted molar refractivity (Wildman–Crippen MR) is 275 cm³/mol. The van der Waals surface area contributed by atoms with E-state index in [9.17, 15) is 0 Å². The zero-order chi connectivity index (χ0) is 43.5. The molecule has 1 aliphatic carbocycles. The number of benzene rings is 10. The maximum Gasteiger partial charge on any atom is 0.0547 e. The zero-order valence-electron chi connectivity index (χ0n) is 36.5. The molecule has 1 aliphatic rings. The molecule has 65 heavy (non-hydrogen) atoms. The van der Waals surface area contributed by atoms with E-state index in [2.05, 4.69) is 266 Å². The van der Waals surface area contributed by atoms with Crippen molar-refractivity contribution in [2.24, 2.45) is 0 Å². The SMILES string of the molecule is CC1(C)c2ccccc2-c2cc(N(c3cccc(-c4ccc5c6ccccc6n(-c6ccccc6)c5c4)c3)c3cccc(-c4ccccc4)c3-c3ccccc3-c3ccccc3)ccc21. The van der Waals surface area contributed by atoms with Gasteiger partial charge in [-0.15, -0.1) is 0 Å². The second-order valence-corrected chi connectivity index (χ2v) is 17.7. The van der Waals surface area contributed by atoms with Gasteiger partial charge in [-0.2, -0.15) is 0 Å². The number of hydrogen-bond donors (Lipinski definition) is 0. The zero-order valence-corrected chi connectivity index (χ0v) is 36.5. The lowest BCUT2D eigenvalue weighted by Gasteiger charge is -2.31. The molecule has 0 radical (unpaired) electrons. The molecular formula is C63H46N2. The average Bonchev–Trinajstić information content (AvgIpc) is 3.82. The highest BCUT2D eigenvalue weighted by Gasteiger charge is 2.36. The Labute approximate surface area is 381 Å². The molecule has 0 saturated heterocycles. The van der Waals surface area contributed by atoms with E-state index in [4.69, 9.17) is 0 Å². The molecule has 0 fully saturated rings. The summed E-state index contributed by atoms with van der Waals surface area (Å²) in [6, 6.07) is 89.0. The van der Waals surface area contributed by atoms with Gasteiger partial charge in [0, 0.05) is 38.8 Å². The Balaban J connectivity index is 1.11. The van der Waals surface area contributed by atoms with E-state index in [1.165, 1.54) is 77.4 Å². The van der Waals surface area contributed by atoms with Gasteiger partial charge in [0.15, 0.2) is 0 Å². The number of fused-ring (bicyclic) bond motifs is 6. The van der Waals surface area contributed by atoms with Crippen molar-refractivity contribution < 1.29 is 0 Å². The summed E-state index contributed by atoms with van der Waals surface area (Å²) >= 11 is 0. The van der Waals surface area contributed by atoms with Gasteiger partial charge in [0.05, 0.1) is 16.7 Å². The summed E-state index contributed by atoms with van der Waals surface area (Å²) in [6.45, 7) is 4.71. The van der Waals surface area contributed by atoms with Gasteiger partial charge < -0.3 is 9.47 Å². The van der Waals surface area contributed by atoms with Crippen LogP contribution >= 0.6 is 0 Å². The maximum absolute atomic E-state index is 2.50. The van der Waals surface area contributed by atoms with Crippen LogP contribution in [0.5, 0.6) is 0 Å². The molecule has 0 amide bonds. The van der Waals surface area contributed by atoms with Crippen molar-refractivity contribution >= 4 is 38.9 Å². The van der Waals surface area contributed by atoms with Crippen LogP contribution in [0.3, 0.4) is 0 Å². The lowest BCUT2D eigenvalue weighted by molar-refractivity contribution is 0.660. The molecule has 2 nitrogen and oxygen atoms in total. The van der Waals surface area contributed by atoms with Crippen molar-refractivity contribution in [3.05, 3.63) is 254 Å². The first-order chi connectivity index (χ1) is 32.0. The molecule has 0 atom stereocenters. The molecule has 0 aliphatic heterocycles. The van der Waals surface area contributed by atoms with E-state index in [1.807, 2.05) is 0 Å². The number of anilines is 3. The lowest BCUT2D eigenvalue weighted by atomic mass is 9.82. The van der Waals surface area contributed by atoms with Crippen LogP contribution in [-0.4, -0.2) is 4.57 Å². The third-order valence-corrected chi connectivity index (χ3v) is 13.6. The van der Waals surface area contributed by atoms with E-state index in [-0.39, 0.29) is 5.41 Å². The number of hydrogen-bond acceptors (Lipinski definition) is 1. The van der Waals surface area contributed by atoms with Crippen molar-refractivity contribution in [1.29, 1.82) is 0 Å². The van der Waals surface area contributed by atoms with Crippen molar-refractivity contribution in [2.75, 3.05) is 4.90 Å². The molecule has 1 aromatic heterocycles. The minimum atomic E-state index is -0.108. The quantitative estimate of drug-likeness (QED) is 0.148. The summed E-state index contributed by atoms with van der Waals surface area (Å²) < 4.78 is 2.40. The van der Waals surface area contributed by atoms with E-state index >= 15 is 0 Å². The molecule has 308 valence electrons. The Bertz CT molecular complexity index is 3560. The first-order valence-electron chi connectivity index (χ1n) is 22.6. The van der Waals surface area contributed by atoms with Gasteiger partial charge in [-0.3, -0.25) is 0 Å². The molecule has 0 bridgehead atoms. The van der Waals surface area contributed by atoms with E-state index < -0.39 is 0 Å². The minimum Gasteiger partial charge on any atom is -0.310 e. The lowest BCUT2D eigenvalue weighted by Crippen LogP contribution is -2.15. The highest BCUT2D eigenvalue weighted by Crippen LogP contribution is 2.53. The molecule has 12 rings (SSSR count). The number of nitrogens with zero attached hydrogens (tertiary/aromatic N) is 2. The van der Waals surface area contributed by atoms with E-state index in [1.54, 1.807) is 0 Å². The van der Waals surface area contributed by atoms with Gasteiger partial charge in [0.2, 0.25) is 0 Å². The van der Waals surface area contributed by atoms with Crippen LogP contribution in [0.25, 0.3) is 83.1 Å². The third-order valence-electron chi connectivity index (χ3n) is 13.6. The standard InChI is InChI=1S/C63H46N2/c1-63(2)57-33-16-14-29-52(57)56-42-49(37-39-58(56)63)64(60-35-19-32-51(44-22-8-4-9-23-44)62(60)55-31-13-12-28-50(55)43-20-6-3-7-21-43)48-27-18-24-45(40-48)46-36-38-54-53-30-15-17-34-59(53)65(61(54)41-46)47-25-10-5-11-26-47/h3-42H,1-2H3. The van der Waals surface area contributed by atoms with Crippen LogP contribution in [0.4, 0.5) is 17.1 Å². The largest absolute Gasteiger partial charge is 0.310 e. The highest BCUT2D eigenvalue weighted by atomic mass is 15.1. The topological polar surface area (TPSA) is 8.17 Å². The fraction of sp³-hybridized carbons (Fsp3) is 0.0476. The maximum atomic E-state index is 2.50. The Morgan fingerprint density at radius 2 is 0.892 bits per heavy atom. The summed E-state index contributed by atoms with van der Waals surface area (Å²) in [5, 5.41) is 2.49. The molecule has 0 spiro atoms. The molecule has 1 heterocycles. The van der Waals surface area contributed by atoms with Gasteiger partial charge in [-0.1, -0.05) is 202 Å². The molecule has 10 aromatic carbocycles. The summed E-state index contributed by atoms with van der Waals surface area (Å²) in [6.07, 6.45) is 0. The third kappa shape index (κ3) is 6.40. The molecular weight excluding hydrogens is 785 g/mol. The van der Waals surface area contributed by atoms with E-state index in [0.29, 0.717) is 0 Å². The monoisotopic (exact) mass is 830 g/mol. The fourth-order valence-electron chi connectivity index (χ4n) is 10.5. The molecule has 0 N–H and O–H groups in total. The second kappa shape index (κ2) is 15.6. The van der Waals surface area contributed by atoms with Crippen molar-refractivity contribution in [3.63, 3.8) is 0 Å². The van der Waals surface area contributed by atoms with Crippen LogP contribution in [0.1, 0.15) is 25.0 Å². The van der Waals surface area contributed by atoms with Crippen molar-refractivity contribution in [1.82, 2.24) is 4.57 Å². The molecule has 0 unspecified atom stereocenters. The summed E-state index contributed by atoms with van der Waals surface area (Å²) in [5.74, 6) is 0. The van der Waals surface area contributed by atoms with Crippen LogP contribution < -0.4 is 4.90 Å². The van der Waals surface area contributed by atoms with Gasteiger partial charge in [0.25, 0.3) is 0 Å². The van der Waals surface area contributed by atoms with E-state index in [0.717, 1.165) is 33.9 Å². The Morgan fingerprint density at radius 1 is 0.338 bits per heavy atom. The Morgan fingerprint density at radius 3 is 1.68 bits per heavy atom. The Hall–Kier alpha value is -8.20. The summed E-state index contributed by atoms with van der Waals surface area (Å²) in [5.41, 5.74) is 21.5. The number of para-hydroxylation sites is 2. The number of rotatable bonds is 8. The summed E-state index contributed by atoms with van der Waals surface area (Å²) in [7, 11) is 0. The van der Waals surface area contributed by atoms with Crippen LogP contribution in [-0.2, 0) is 5.41 Å². The minimum absolute atomic E-state index is 0.108. The van der Waals surface area contributed by atoms with Gasteiger partial charge in [0.1, 0.15) is 0 Å². The predicted octanol–water partition coefficient (Wildman–Crippen LogP) is 17.2. The van der Waals surface area contributed by atoms with Crippen LogP contribution in [0, 0.1) is 0 Å². The first-order valence-corrected chi connectivity index (χ1v) is 22.6. The highest BCUT2D eigenvalue weighted by molar-refractivity contribution is 6.10. The smallest absolute Gasteiger partial charge is 0.0547 e. The van der Waals surface area contributed by atoms with Crippen LogP contribution in [0.15, 0.2) is 243 Å². The van der Waals surface area contributed by atoms with Crippen molar-refractivity contribution in [2.45, 2.75) is 19.3 Å². The van der Waals surface area contributed by atoms with Gasteiger partial charge >= 0.3 is 0 Å². The first kappa shape index (κ1) is 38.5. The normalized spacial score (nSPS) is 12.6. The Kier molecular flexibility index (Phi) is 9.21. The second-order valence-electron chi connectivity index (χ2n) is 17.7. The molecule has 2 heteroatoms. The molecule has 0 saturated carbocycles. The average molecular weight is 831 g/mol. The molecule has 11 aromatic rings. The van der Waals surface area contributed by atoms with Crippen LogP contribution in [0.2, 0.25) is 0 Å². The summed E-state index contributed by atoms with van der Waals surface area (Å²) in [4.78, 5) is 2.50. The van der Waals surface area contributed by atoms with Gasteiger partial charge in [-0.05, 0) is 116 Å². The van der Waals surface area contributed by atoms with Crippen molar-refractivity contribution in [3.8, 4) is 61.3 Å².